The topological polar surface area (TPSA) is 40.5 Å². The summed E-state index contributed by atoms with van der Waals surface area (Å²) in [6.07, 6.45) is 2.74. The normalized spacial score (nSPS) is 23.8. The molecule has 1 saturated heterocycles. The van der Waals surface area contributed by atoms with Gasteiger partial charge in [0.2, 0.25) is 0 Å². The summed E-state index contributed by atoms with van der Waals surface area (Å²) in [6.45, 7) is 5.32. The van der Waals surface area contributed by atoms with E-state index in [-0.39, 0.29) is 5.82 Å². The van der Waals surface area contributed by atoms with Crippen molar-refractivity contribution < 1.29 is 14.3 Å². The fourth-order valence-corrected chi connectivity index (χ4v) is 2.93. The van der Waals surface area contributed by atoms with Crippen LogP contribution in [0.15, 0.2) is 18.2 Å². The molecule has 0 spiro atoms. The molecule has 0 amide bonds. The van der Waals surface area contributed by atoms with Crippen LogP contribution in [0.25, 0.3) is 0 Å². The maximum Gasteiger partial charge on any atom is 0.320 e. The van der Waals surface area contributed by atoms with Gasteiger partial charge in [-0.3, -0.25) is 9.69 Å². The molecule has 2 unspecified atom stereocenters. The molecule has 2 rings (SSSR count). The standard InChI is InChI=1S/C16H22FNO2/c1-3-12-6-7-18(15(8-12)16(19)20)10-13-9-14(17)5-4-11(13)2/h4-5,9,12,15H,3,6-8,10H2,1-2H3,(H,19,20). The predicted molar refractivity (Wildman–Crippen MR) is 76.0 cm³/mol. The number of rotatable bonds is 4. The van der Waals surface area contributed by atoms with E-state index in [1.165, 1.54) is 12.1 Å². The van der Waals surface area contributed by atoms with Crippen LogP contribution in [0.5, 0.6) is 0 Å². The molecule has 1 aromatic carbocycles. The van der Waals surface area contributed by atoms with Gasteiger partial charge >= 0.3 is 5.97 Å². The summed E-state index contributed by atoms with van der Waals surface area (Å²) < 4.78 is 13.3. The molecular formula is C16H22FNO2. The van der Waals surface area contributed by atoms with Gasteiger partial charge in [-0.2, -0.15) is 0 Å². The lowest BCUT2D eigenvalue weighted by molar-refractivity contribution is -0.145. The Bertz CT molecular complexity index is 489. The number of carbonyl (C=O) groups is 1. The van der Waals surface area contributed by atoms with Gasteiger partial charge in [0.15, 0.2) is 0 Å². The zero-order valence-corrected chi connectivity index (χ0v) is 12.1. The number of carboxylic acid groups (broad SMARTS) is 1. The first-order chi connectivity index (χ1) is 9.51. The highest BCUT2D eigenvalue weighted by Gasteiger charge is 2.32. The quantitative estimate of drug-likeness (QED) is 0.920. The lowest BCUT2D eigenvalue weighted by Crippen LogP contribution is -2.46. The lowest BCUT2D eigenvalue weighted by Gasteiger charge is -2.37. The molecule has 0 radical (unpaired) electrons. The van der Waals surface area contributed by atoms with Crippen LogP contribution >= 0.6 is 0 Å². The Morgan fingerprint density at radius 3 is 2.90 bits per heavy atom. The second kappa shape index (κ2) is 6.35. The Hall–Kier alpha value is -1.42. The molecule has 0 bridgehead atoms. The first-order valence-corrected chi connectivity index (χ1v) is 7.23. The molecule has 1 heterocycles. The van der Waals surface area contributed by atoms with E-state index in [0.29, 0.717) is 18.9 Å². The van der Waals surface area contributed by atoms with Gasteiger partial charge in [-0.05, 0) is 55.5 Å². The van der Waals surface area contributed by atoms with Crippen molar-refractivity contribution in [3.8, 4) is 0 Å². The van der Waals surface area contributed by atoms with E-state index in [1.807, 2.05) is 11.8 Å². The zero-order chi connectivity index (χ0) is 14.7. The number of nitrogens with zero attached hydrogens (tertiary/aromatic N) is 1. The van der Waals surface area contributed by atoms with Crippen molar-refractivity contribution in [2.24, 2.45) is 5.92 Å². The van der Waals surface area contributed by atoms with Crippen LogP contribution in [-0.4, -0.2) is 28.6 Å². The molecule has 1 N–H and O–H groups in total. The van der Waals surface area contributed by atoms with Crippen molar-refractivity contribution in [2.45, 2.75) is 45.7 Å². The highest BCUT2D eigenvalue weighted by atomic mass is 19.1. The minimum atomic E-state index is -0.766. The van der Waals surface area contributed by atoms with Crippen molar-refractivity contribution in [2.75, 3.05) is 6.54 Å². The summed E-state index contributed by atoms with van der Waals surface area (Å²) in [5.41, 5.74) is 1.89. The summed E-state index contributed by atoms with van der Waals surface area (Å²) in [5.74, 6) is -0.543. The Morgan fingerprint density at radius 2 is 2.25 bits per heavy atom. The number of aliphatic carboxylic acids is 1. The Morgan fingerprint density at radius 1 is 1.50 bits per heavy atom. The van der Waals surface area contributed by atoms with Gasteiger partial charge < -0.3 is 5.11 Å². The largest absolute Gasteiger partial charge is 0.480 e. The molecule has 1 aliphatic heterocycles. The smallest absolute Gasteiger partial charge is 0.320 e. The molecular weight excluding hydrogens is 257 g/mol. The highest BCUT2D eigenvalue weighted by Crippen LogP contribution is 2.27. The Kier molecular flexibility index (Phi) is 4.76. The first-order valence-electron chi connectivity index (χ1n) is 7.23. The molecule has 20 heavy (non-hydrogen) atoms. The predicted octanol–water partition coefficient (Wildman–Crippen LogP) is 3.21. The first kappa shape index (κ1) is 15.0. The number of piperidine rings is 1. The number of carboxylic acids is 1. The monoisotopic (exact) mass is 279 g/mol. The second-order valence-electron chi connectivity index (χ2n) is 5.69. The van der Waals surface area contributed by atoms with E-state index >= 15 is 0 Å². The van der Waals surface area contributed by atoms with Crippen LogP contribution in [0.1, 0.15) is 37.3 Å². The molecule has 2 atom stereocenters. The van der Waals surface area contributed by atoms with Gasteiger partial charge in [-0.1, -0.05) is 19.4 Å². The van der Waals surface area contributed by atoms with E-state index in [4.69, 9.17) is 0 Å². The van der Waals surface area contributed by atoms with E-state index in [9.17, 15) is 14.3 Å². The maximum atomic E-state index is 13.3. The van der Waals surface area contributed by atoms with Gasteiger partial charge in [0.1, 0.15) is 11.9 Å². The second-order valence-corrected chi connectivity index (χ2v) is 5.69. The van der Waals surface area contributed by atoms with Crippen LogP contribution in [0.3, 0.4) is 0 Å². The molecule has 4 heteroatoms. The fraction of sp³-hybridized carbons (Fsp3) is 0.562. The third-order valence-electron chi connectivity index (χ3n) is 4.37. The van der Waals surface area contributed by atoms with E-state index in [1.54, 1.807) is 6.07 Å². The van der Waals surface area contributed by atoms with Gasteiger partial charge in [0.25, 0.3) is 0 Å². The van der Waals surface area contributed by atoms with Gasteiger partial charge in [0, 0.05) is 6.54 Å². The number of halogens is 1. The van der Waals surface area contributed by atoms with E-state index in [0.717, 1.165) is 30.5 Å². The molecule has 3 nitrogen and oxygen atoms in total. The molecule has 0 aromatic heterocycles. The molecule has 1 aromatic rings. The minimum Gasteiger partial charge on any atom is -0.480 e. The van der Waals surface area contributed by atoms with E-state index < -0.39 is 12.0 Å². The molecule has 110 valence electrons. The Labute approximate surface area is 119 Å². The van der Waals surface area contributed by atoms with Gasteiger partial charge in [-0.25, -0.2) is 4.39 Å². The number of hydrogen-bond donors (Lipinski definition) is 1. The molecule has 1 aliphatic rings. The number of aryl methyl sites for hydroxylation is 1. The SMILES string of the molecule is CCC1CCN(Cc2cc(F)ccc2C)C(C(=O)O)C1. The summed E-state index contributed by atoms with van der Waals surface area (Å²) in [6, 6.07) is 4.26. The lowest BCUT2D eigenvalue weighted by atomic mass is 9.88. The zero-order valence-electron chi connectivity index (χ0n) is 12.1. The minimum absolute atomic E-state index is 0.263. The Balaban J connectivity index is 2.14. The summed E-state index contributed by atoms with van der Waals surface area (Å²) >= 11 is 0. The molecule has 0 saturated carbocycles. The van der Waals surface area contributed by atoms with Crippen LogP contribution < -0.4 is 0 Å². The van der Waals surface area contributed by atoms with Gasteiger partial charge in [-0.15, -0.1) is 0 Å². The third-order valence-corrected chi connectivity index (χ3v) is 4.37. The third kappa shape index (κ3) is 3.37. The van der Waals surface area contributed by atoms with Crippen LogP contribution in [-0.2, 0) is 11.3 Å². The average molecular weight is 279 g/mol. The molecule has 1 fully saturated rings. The summed E-state index contributed by atoms with van der Waals surface area (Å²) in [5, 5.41) is 9.41. The van der Waals surface area contributed by atoms with Crippen LogP contribution in [0, 0.1) is 18.7 Å². The fourth-order valence-electron chi connectivity index (χ4n) is 2.93. The number of hydrogen-bond acceptors (Lipinski definition) is 2. The highest BCUT2D eigenvalue weighted by molar-refractivity contribution is 5.73. The summed E-state index contributed by atoms with van der Waals surface area (Å²) in [7, 11) is 0. The number of likely N-dealkylation sites (tertiary alicyclic amines) is 1. The van der Waals surface area contributed by atoms with E-state index in [2.05, 4.69) is 6.92 Å². The van der Waals surface area contributed by atoms with Crippen LogP contribution in [0.2, 0.25) is 0 Å². The van der Waals surface area contributed by atoms with Crippen molar-refractivity contribution in [3.63, 3.8) is 0 Å². The van der Waals surface area contributed by atoms with Crippen molar-refractivity contribution in [1.82, 2.24) is 4.90 Å². The number of benzene rings is 1. The van der Waals surface area contributed by atoms with Crippen molar-refractivity contribution in [3.05, 3.63) is 35.1 Å². The van der Waals surface area contributed by atoms with Gasteiger partial charge in [0.05, 0.1) is 0 Å². The summed E-state index contributed by atoms with van der Waals surface area (Å²) in [4.78, 5) is 13.4. The van der Waals surface area contributed by atoms with Crippen molar-refractivity contribution in [1.29, 1.82) is 0 Å². The maximum absolute atomic E-state index is 13.3. The van der Waals surface area contributed by atoms with Crippen LogP contribution in [0.4, 0.5) is 4.39 Å². The average Bonchev–Trinajstić information content (AvgIpc) is 2.43. The molecule has 0 aliphatic carbocycles. The van der Waals surface area contributed by atoms with Crippen molar-refractivity contribution >= 4 is 5.97 Å².